The molecule has 6 heteroatoms. The van der Waals surface area contributed by atoms with Crippen LogP contribution in [0.4, 0.5) is 5.69 Å². The molecule has 0 amide bonds. The maximum Gasteiger partial charge on any atom is 0.265 e. The summed E-state index contributed by atoms with van der Waals surface area (Å²) in [6.07, 6.45) is 0. The van der Waals surface area contributed by atoms with Crippen molar-refractivity contribution in [2.24, 2.45) is 0 Å². The van der Waals surface area contributed by atoms with E-state index in [1.54, 1.807) is 29.0 Å². The molecule has 1 aromatic heterocycles. The summed E-state index contributed by atoms with van der Waals surface area (Å²) in [5.41, 5.74) is 0.494. The average Bonchev–Trinajstić information content (AvgIpc) is 2.70. The summed E-state index contributed by atoms with van der Waals surface area (Å²) < 4.78 is 26.1. The Kier molecular flexibility index (Phi) is 2.84. The lowest BCUT2D eigenvalue weighted by atomic mass is 10.3. The highest BCUT2D eigenvalue weighted by Crippen LogP contribution is 2.24. The van der Waals surface area contributed by atoms with Crippen molar-refractivity contribution in [3.8, 4) is 5.75 Å². The highest BCUT2D eigenvalue weighted by Gasteiger charge is 2.17. The third kappa shape index (κ3) is 2.17. The topological polar surface area (TPSA) is 66.4 Å². The Morgan fingerprint density at radius 3 is 2.56 bits per heavy atom. The van der Waals surface area contributed by atoms with Gasteiger partial charge in [0.1, 0.15) is 10.6 Å². The molecule has 0 spiro atoms. The Morgan fingerprint density at radius 1 is 1.19 bits per heavy atom. The normalized spacial score (nSPS) is 11.2. The summed E-state index contributed by atoms with van der Waals surface area (Å²) in [4.78, 5) is -0.124. The fourth-order valence-electron chi connectivity index (χ4n) is 1.22. The van der Waals surface area contributed by atoms with Gasteiger partial charge in [-0.05, 0) is 23.6 Å². The molecule has 2 rings (SSSR count). The van der Waals surface area contributed by atoms with E-state index in [0.717, 1.165) is 0 Å². The number of hydrogen-bond donors (Lipinski definition) is 2. The van der Waals surface area contributed by atoms with Crippen LogP contribution in [0.5, 0.6) is 5.75 Å². The summed E-state index contributed by atoms with van der Waals surface area (Å²) in [5.74, 6) is -0.259. The zero-order valence-corrected chi connectivity index (χ0v) is 9.75. The molecular formula is C10H9NO3S2. The molecule has 0 aliphatic heterocycles. The SMILES string of the molecule is O=S(=O)(Nc1ccsc1)c1ccccc1O. The minimum atomic E-state index is -3.71. The molecule has 0 bridgehead atoms. The van der Waals surface area contributed by atoms with Crippen LogP contribution >= 0.6 is 11.3 Å². The van der Waals surface area contributed by atoms with Gasteiger partial charge in [-0.25, -0.2) is 8.42 Å². The quantitative estimate of drug-likeness (QED) is 0.884. The van der Waals surface area contributed by atoms with E-state index in [0.29, 0.717) is 5.69 Å². The second-order valence-corrected chi connectivity index (χ2v) is 5.52. The predicted molar refractivity (Wildman–Crippen MR) is 63.2 cm³/mol. The largest absolute Gasteiger partial charge is 0.507 e. The number of rotatable bonds is 3. The van der Waals surface area contributed by atoms with Crippen molar-refractivity contribution in [3.05, 3.63) is 41.1 Å². The molecule has 0 radical (unpaired) electrons. The predicted octanol–water partition coefficient (Wildman–Crippen LogP) is 2.25. The first kappa shape index (κ1) is 11.0. The minimum absolute atomic E-state index is 0.124. The number of aromatic hydroxyl groups is 1. The number of para-hydroxylation sites is 1. The molecule has 0 aliphatic carbocycles. The van der Waals surface area contributed by atoms with E-state index in [1.807, 2.05) is 0 Å². The molecule has 4 nitrogen and oxygen atoms in total. The van der Waals surface area contributed by atoms with Gasteiger partial charge in [-0.15, -0.1) is 0 Å². The van der Waals surface area contributed by atoms with Crippen molar-refractivity contribution < 1.29 is 13.5 Å². The van der Waals surface area contributed by atoms with Crippen LogP contribution in [-0.4, -0.2) is 13.5 Å². The Labute approximate surface area is 97.2 Å². The summed E-state index contributed by atoms with van der Waals surface area (Å²) in [5, 5.41) is 12.9. The van der Waals surface area contributed by atoms with Gasteiger partial charge in [0.2, 0.25) is 0 Å². The molecule has 1 heterocycles. The molecule has 84 valence electrons. The van der Waals surface area contributed by atoms with Crippen LogP contribution in [0, 0.1) is 0 Å². The highest BCUT2D eigenvalue weighted by atomic mass is 32.2. The number of benzene rings is 1. The van der Waals surface area contributed by atoms with Gasteiger partial charge in [0, 0.05) is 5.38 Å². The Balaban J connectivity index is 2.37. The Morgan fingerprint density at radius 2 is 1.94 bits per heavy atom. The van der Waals surface area contributed by atoms with E-state index >= 15 is 0 Å². The van der Waals surface area contributed by atoms with Gasteiger partial charge >= 0.3 is 0 Å². The summed E-state index contributed by atoms with van der Waals surface area (Å²) >= 11 is 1.39. The maximum atomic E-state index is 11.9. The fourth-order valence-corrected chi connectivity index (χ4v) is 3.03. The molecular weight excluding hydrogens is 246 g/mol. The van der Waals surface area contributed by atoms with E-state index in [2.05, 4.69) is 4.72 Å². The van der Waals surface area contributed by atoms with Gasteiger partial charge in [-0.2, -0.15) is 11.3 Å². The van der Waals surface area contributed by atoms with E-state index in [9.17, 15) is 13.5 Å². The van der Waals surface area contributed by atoms with Crippen molar-refractivity contribution in [1.29, 1.82) is 0 Å². The number of phenols is 1. The van der Waals surface area contributed by atoms with Gasteiger partial charge in [-0.1, -0.05) is 12.1 Å². The first-order chi connectivity index (χ1) is 7.59. The molecule has 0 saturated heterocycles. The van der Waals surface area contributed by atoms with Gasteiger partial charge in [0.15, 0.2) is 0 Å². The van der Waals surface area contributed by atoms with Crippen molar-refractivity contribution in [1.82, 2.24) is 0 Å². The van der Waals surface area contributed by atoms with Gasteiger partial charge in [0.05, 0.1) is 5.69 Å². The van der Waals surface area contributed by atoms with E-state index in [1.165, 1.54) is 23.5 Å². The van der Waals surface area contributed by atoms with Gasteiger partial charge in [0.25, 0.3) is 10.0 Å². The van der Waals surface area contributed by atoms with Crippen LogP contribution in [0.1, 0.15) is 0 Å². The average molecular weight is 255 g/mol. The summed E-state index contributed by atoms with van der Waals surface area (Å²) in [7, 11) is -3.71. The molecule has 0 fully saturated rings. The number of nitrogens with one attached hydrogen (secondary N) is 1. The first-order valence-corrected chi connectivity index (χ1v) is 6.85. The first-order valence-electron chi connectivity index (χ1n) is 4.42. The van der Waals surface area contributed by atoms with E-state index in [4.69, 9.17) is 0 Å². The number of anilines is 1. The second-order valence-electron chi connectivity index (χ2n) is 3.09. The van der Waals surface area contributed by atoms with Crippen LogP contribution in [0.15, 0.2) is 46.0 Å². The smallest absolute Gasteiger partial charge is 0.265 e. The lowest BCUT2D eigenvalue weighted by Gasteiger charge is -2.07. The van der Waals surface area contributed by atoms with Crippen LogP contribution in [0.3, 0.4) is 0 Å². The lowest BCUT2D eigenvalue weighted by Crippen LogP contribution is -2.12. The van der Waals surface area contributed by atoms with Gasteiger partial charge < -0.3 is 5.11 Å². The summed E-state index contributed by atoms with van der Waals surface area (Å²) in [6.45, 7) is 0. The van der Waals surface area contributed by atoms with Crippen LogP contribution in [0.25, 0.3) is 0 Å². The van der Waals surface area contributed by atoms with E-state index < -0.39 is 10.0 Å². The highest BCUT2D eigenvalue weighted by molar-refractivity contribution is 7.92. The maximum absolute atomic E-state index is 11.9. The van der Waals surface area contributed by atoms with Crippen molar-refractivity contribution in [2.45, 2.75) is 4.90 Å². The molecule has 0 unspecified atom stereocenters. The summed E-state index contributed by atoms with van der Waals surface area (Å²) in [6, 6.07) is 7.47. The van der Waals surface area contributed by atoms with Crippen molar-refractivity contribution in [2.75, 3.05) is 4.72 Å². The number of hydrogen-bond acceptors (Lipinski definition) is 4. The molecule has 0 aliphatic rings. The number of phenolic OH excluding ortho intramolecular Hbond substituents is 1. The number of sulfonamides is 1. The molecule has 16 heavy (non-hydrogen) atoms. The zero-order valence-electron chi connectivity index (χ0n) is 8.12. The van der Waals surface area contributed by atoms with Crippen molar-refractivity contribution >= 4 is 27.0 Å². The fraction of sp³-hybridized carbons (Fsp3) is 0. The molecule has 0 atom stereocenters. The van der Waals surface area contributed by atoms with Crippen LogP contribution in [-0.2, 0) is 10.0 Å². The standard InChI is InChI=1S/C10H9NO3S2/c12-9-3-1-2-4-10(9)16(13,14)11-8-5-6-15-7-8/h1-7,11-12H. The molecule has 2 N–H and O–H groups in total. The second kappa shape index (κ2) is 4.15. The monoisotopic (exact) mass is 255 g/mol. The molecule has 2 aromatic rings. The Hall–Kier alpha value is -1.53. The Bertz CT molecular complexity index is 576. The van der Waals surface area contributed by atoms with Gasteiger partial charge in [-0.3, -0.25) is 4.72 Å². The van der Waals surface area contributed by atoms with Crippen LogP contribution < -0.4 is 4.72 Å². The van der Waals surface area contributed by atoms with Crippen LogP contribution in [0.2, 0.25) is 0 Å². The lowest BCUT2D eigenvalue weighted by molar-refractivity contribution is 0.459. The third-order valence-corrected chi connectivity index (χ3v) is 4.04. The minimum Gasteiger partial charge on any atom is -0.507 e. The third-order valence-electron chi connectivity index (χ3n) is 1.93. The molecule has 0 saturated carbocycles. The van der Waals surface area contributed by atoms with Crippen molar-refractivity contribution in [3.63, 3.8) is 0 Å². The zero-order chi connectivity index (χ0) is 11.6. The van der Waals surface area contributed by atoms with E-state index in [-0.39, 0.29) is 10.6 Å². The molecule has 1 aromatic carbocycles. The number of thiophene rings is 1.